The van der Waals surface area contributed by atoms with Gasteiger partial charge in [-0.15, -0.1) is 0 Å². The highest BCUT2D eigenvalue weighted by Crippen LogP contribution is 2.36. The summed E-state index contributed by atoms with van der Waals surface area (Å²) in [6, 6.07) is 4.42. The molecule has 13 nitrogen and oxygen atoms in total. The summed E-state index contributed by atoms with van der Waals surface area (Å²) in [5.74, 6) is -0.862. The lowest BCUT2D eigenvalue weighted by Crippen LogP contribution is -2.41. The lowest BCUT2D eigenvalue weighted by atomic mass is 10.2. The number of halogens is 4. The minimum atomic E-state index is -4.66. The second-order valence-electron chi connectivity index (χ2n) is 10.0. The number of carbonyl (C=O) groups is 3. The predicted octanol–water partition coefficient (Wildman–Crippen LogP) is 3.91. The highest BCUT2D eigenvalue weighted by atomic mass is 35.5. The molecule has 0 fully saturated rings. The largest absolute Gasteiger partial charge is 0.444 e. The highest BCUT2D eigenvalue weighted by Gasteiger charge is 2.37. The molecule has 0 atom stereocenters. The van der Waals surface area contributed by atoms with Crippen molar-refractivity contribution in [2.45, 2.75) is 32.5 Å². The number of anilines is 2. The van der Waals surface area contributed by atoms with E-state index in [-0.39, 0.29) is 52.9 Å². The number of benzene rings is 1. The summed E-state index contributed by atoms with van der Waals surface area (Å²) in [5.41, 5.74) is -1.000. The molecule has 5 N–H and O–H groups in total. The van der Waals surface area contributed by atoms with Gasteiger partial charge in [0.15, 0.2) is 17.2 Å². The molecule has 3 amide bonds. The standard InChI is InChI=1S/C26H27ClF3N9O4/c1-25(2,3)43-24(42)33-7-6-31-19(40)13-35-23(41)15-5-4-14(10-17(15)27)37-21-22-34-12-18(39(22)9-8-32-21)16-11-36-38-20(16)26(28,29)30/h4-5,8-12H,6-7,13H2,1-3H3,(H,31,40)(H,32,37)(H,33,42)(H,35,41)(H,36,38). The number of alkyl halides is 3. The number of nitrogens with one attached hydrogen (secondary N) is 5. The normalized spacial score (nSPS) is 11.7. The molecule has 0 bridgehead atoms. The van der Waals surface area contributed by atoms with Crippen LogP contribution in [0.4, 0.5) is 29.5 Å². The zero-order valence-electron chi connectivity index (χ0n) is 23.1. The molecule has 0 radical (unpaired) electrons. The molecule has 43 heavy (non-hydrogen) atoms. The lowest BCUT2D eigenvalue weighted by Gasteiger charge is -2.19. The molecule has 3 heterocycles. The van der Waals surface area contributed by atoms with Crippen LogP contribution in [0.5, 0.6) is 0 Å². The summed E-state index contributed by atoms with van der Waals surface area (Å²) < 4.78 is 46.6. The zero-order chi connectivity index (χ0) is 31.4. The first-order valence-electron chi connectivity index (χ1n) is 12.7. The van der Waals surface area contributed by atoms with Crippen molar-refractivity contribution in [2.24, 2.45) is 0 Å². The van der Waals surface area contributed by atoms with Gasteiger partial charge in [-0.05, 0) is 39.0 Å². The number of fused-ring (bicyclic) bond motifs is 1. The third-order valence-electron chi connectivity index (χ3n) is 5.61. The Balaban J connectivity index is 1.35. The van der Waals surface area contributed by atoms with E-state index in [0.29, 0.717) is 5.69 Å². The summed E-state index contributed by atoms with van der Waals surface area (Å²) in [4.78, 5) is 44.7. The molecule has 0 aliphatic carbocycles. The van der Waals surface area contributed by atoms with Gasteiger partial charge in [-0.2, -0.15) is 18.3 Å². The fourth-order valence-corrected chi connectivity index (χ4v) is 4.09. The van der Waals surface area contributed by atoms with Gasteiger partial charge < -0.3 is 26.0 Å². The van der Waals surface area contributed by atoms with Crippen molar-refractivity contribution < 1.29 is 32.3 Å². The Morgan fingerprint density at radius 1 is 1.07 bits per heavy atom. The maximum absolute atomic E-state index is 13.4. The van der Waals surface area contributed by atoms with E-state index in [1.807, 2.05) is 0 Å². The number of aromatic amines is 1. The topological polar surface area (TPSA) is 167 Å². The van der Waals surface area contributed by atoms with Gasteiger partial charge in [0.1, 0.15) is 5.60 Å². The van der Waals surface area contributed by atoms with E-state index >= 15 is 0 Å². The smallest absolute Gasteiger partial charge is 0.435 e. The molecule has 17 heteroatoms. The SMILES string of the molecule is CC(C)(C)OC(=O)NCCNC(=O)CNC(=O)c1ccc(Nc2nccn3c(-c4c[nH]nc4C(F)(F)F)cnc23)cc1Cl. The lowest BCUT2D eigenvalue weighted by molar-refractivity contribution is -0.140. The van der Waals surface area contributed by atoms with Gasteiger partial charge in [0, 0.05) is 37.4 Å². The van der Waals surface area contributed by atoms with E-state index in [0.717, 1.165) is 6.20 Å². The van der Waals surface area contributed by atoms with Crippen LogP contribution < -0.4 is 21.3 Å². The molecule has 0 spiro atoms. The number of imidazole rings is 1. The van der Waals surface area contributed by atoms with Crippen molar-refractivity contribution in [1.29, 1.82) is 0 Å². The third kappa shape index (κ3) is 7.91. The molecule has 0 aliphatic heterocycles. The maximum atomic E-state index is 13.4. The Morgan fingerprint density at radius 3 is 2.51 bits per heavy atom. The minimum absolute atomic E-state index is 0.0636. The van der Waals surface area contributed by atoms with Gasteiger partial charge in [-0.25, -0.2) is 14.8 Å². The number of aromatic nitrogens is 5. The van der Waals surface area contributed by atoms with E-state index in [9.17, 15) is 27.6 Å². The van der Waals surface area contributed by atoms with Gasteiger partial charge in [-0.3, -0.25) is 19.1 Å². The number of rotatable bonds is 9. The number of hydrogen-bond acceptors (Lipinski definition) is 8. The zero-order valence-corrected chi connectivity index (χ0v) is 23.9. The summed E-state index contributed by atoms with van der Waals surface area (Å²) in [6.45, 7) is 5.11. The van der Waals surface area contributed by atoms with E-state index in [2.05, 4.69) is 41.4 Å². The molecular formula is C26H27ClF3N9O4. The Bertz CT molecular complexity index is 1650. The molecule has 0 unspecified atom stereocenters. The van der Waals surface area contributed by atoms with Crippen LogP contribution in [0, 0.1) is 0 Å². The highest BCUT2D eigenvalue weighted by molar-refractivity contribution is 6.34. The average Bonchev–Trinajstić information content (AvgIpc) is 3.57. The first-order chi connectivity index (χ1) is 20.2. The molecule has 0 saturated carbocycles. The molecule has 3 aromatic heterocycles. The van der Waals surface area contributed by atoms with Crippen molar-refractivity contribution in [1.82, 2.24) is 40.5 Å². The monoisotopic (exact) mass is 621 g/mol. The number of ether oxygens (including phenoxy) is 1. The van der Waals surface area contributed by atoms with E-state index in [1.165, 1.54) is 41.2 Å². The minimum Gasteiger partial charge on any atom is -0.444 e. The number of amides is 3. The van der Waals surface area contributed by atoms with Crippen LogP contribution in [0.3, 0.4) is 0 Å². The number of carbonyl (C=O) groups excluding carboxylic acids is 3. The Hall–Kier alpha value is -4.86. The first kappa shape index (κ1) is 31.1. The fraction of sp³-hybridized carbons (Fsp3) is 0.308. The van der Waals surface area contributed by atoms with E-state index in [4.69, 9.17) is 16.3 Å². The summed E-state index contributed by atoms with van der Waals surface area (Å²) in [5, 5.41) is 16.1. The molecular weight excluding hydrogens is 595 g/mol. The van der Waals surface area contributed by atoms with Crippen LogP contribution in [0.25, 0.3) is 16.9 Å². The van der Waals surface area contributed by atoms with Crippen molar-refractivity contribution in [2.75, 3.05) is 25.0 Å². The average molecular weight is 622 g/mol. The third-order valence-corrected chi connectivity index (χ3v) is 5.93. The quantitative estimate of drug-likeness (QED) is 0.175. The van der Waals surface area contributed by atoms with Crippen LogP contribution >= 0.6 is 11.6 Å². The number of hydrogen-bond donors (Lipinski definition) is 5. The Labute approximate surface area is 247 Å². The summed E-state index contributed by atoms with van der Waals surface area (Å²) in [6.07, 6.45) is -0.0191. The van der Waals surface area contributed by atoms with Crippen molar-refractivity contribution in [3.8, 4) is 11.3 Å². The number of nitrogens with zero attached hydrogens (tertiary/aromatic N) is 4. The van der Waals surface area contributed by atoms with Gasteiger partial charge in [0.05, 0.1) is 34.6 Å². The molecule has 4 aromatic rings. The van der Waals surface area contributed by atoms with Gasteiger partial charge >= 0.3 is 12.3 Å². The van der Waals surface area contributed by atoms with Crippen LogP contribution in [-0.4, -0.2) is 67.7 Å². The molecule has 1 aromatic carbocycles. The second kappa shape index (κ2) is 12.6. The van der Waals surface area contributed by atoms with E-state index in [1.54, 1.807) is 20.8 Å². The second-order valence-corrected chi connectivity index (χ2v) is 10.4. The Morgan fingerprint density at radius 2 is 1.81 bits per heavy atom. The van der Waals surface area contributed by atoms with E-state index < -0.39 is 35.4 Å². The molecule has 4 rings (SSSR count). The molecule has 0 aliphatic rings. The van der Waals surface area contributed by atoms with Crippen molar-refractivity contribution >= 4 is 46.7 Å². The fourth-order valence-electron chi connectivity index (χ4n) is 3.82. The maximum Gasteiger partial charge on any atom is 0.435 e. The molecule has 0 saturated heterocycles. The van der Waals surface area contributed by atoms with Gasteiger partial charge in [0.25, 0.3) is 5.91 Å². The summed E-state index contributed by atoms with van der Waals surface area (Å²) >= 11 is 6.32. The Kier molecular flexibility index (Phi) is 9.08. The van der Waals surface area contributed by atoms with Gasteiger partial charge in [-0.1, -0.05) is 11.6 Å². The van der Waals surface area contributed by atoms with Crippen molar-refractivity contribution in [3.63, 3.8) is 0 Å². The number of H-pyrrole nitrogens is 1. The van der Waals surface area contributed by atoms with Crippen molar-refractivity contribution in [3.05, 3.63) is 59.3 Å². The summed E-state index contributed by atoms with van der Waals surface area (Å²) in [7, 11) is 0. The van der Waals surface area contributed by atoms with Gasteiger partial charge in [0.2, 0.25) is 5.91 Å². The number of alkyl carbamates (subject to hydrolysis) is 1. The first-order valence-corrected chi connectivity index (χ1v) is 13.1. The van der Waals surface area contributed by atoms with Crippen LogP contribution in [-0.2, 0) is 15.7 Å². The van der Waals surface area contributed by atoms with Crippen LogP contribution in [0.1, 0.15) is 36.8 Å². The van der Waals surface area contributed by atoms with Crippen LogP contribution in [0.15, 0.2) is 43.0 Å². The predicted molar refractivity (Wildman–Crippen MR) is 150 cm³/mol. The molecule has 228 valence electrons. The van der Waals surface area contributed by atoms with Crippen LogP contribution in [0.2, 0.25) is 5.02 Å².